The molecule has 3 heteroatoms. The maximum Gasteiger partial charge on any atom is 0.319 e. The maximum atomic E-state index is 11.1. The van der Waals surface area contributed by atoms with Gasteiger partial charge in [0, 0.05) is 6.42 Å². The zero-order valence-corrected chi connectivity index (χ0v) is 7.91. The van der Waals surface area contributed by atoms with Gasteiger partial charge in [0.15, 0.2) is 0 Å². The Hall–Kier alpha value is -0.960. The molecule has 0 aliphatic carbocycles. The van der Waals surface area contributed by atoms with Crippen molar-refractivity contribution < 1.29 is 9.53 Å². The van der Waals surface area contributed by atoms with Crippen molar-refractivity contribution in [3.8, 4) is 0 Å². The van der Waals surface area contributed by atoms with Crippen molar-refractivity contribution in [3.05, 3.63) is 35.9 Å². The number of rotatable bonds is 1. The number of carbonyl (C=O) groups excluding carboxylic acids is 1. The fraction of sp³-hybridized carbons (Fsp3) is 0.300. The van der Waals surface area contributed by atoms with Crippen LogP contribution in [0.5, 0.6) is 0 Å². The fourth-order valence-corrected chi connectivity index (χ4v) is 1.69. The Morgan fingerprint density at radius 2 is 2.00 bits per heavy atom. The molecule has 0 saturated carbocycles. The van der Waals surface area contributed by atoms with Crippen LogP contribution in [0.25, 0.3) is 0 Å². The molecular formula is C10H10O2S. The smallest absolute Gasteiger partial charge is 0.319 e. The van der Waals surface area contributed by atoms with Crippen LogP contribution in [-0.2, 0) is 9.53 Å². The van der Waals surface area contributed by atoms with Gasteiger partial charge in [0.25, 0.3) is 0 Å². The van der Waals surface area contributed by atoms with E-state index in [1.54, 1.807) is 0 Å². The number of esters is 1. The minimum absolute atomic E-state index is 0.101. The lowest BCUT2D eigenvalue weighted by Crippen LogP contribution is -2.04. The van der Waals surface area contributed by atoms with Gasteiger partial charge in [-0.15, -0.1) is 0 Å². The molecule has 0 bridgehead atoms. The highest BCUT2D eigenvalue weighted by Gasteiger charge is 2.32. The highest BCUT2D eigenvalue weighted by Crippen LogP contribution is 2.31. The van der Waals surface area contributed by atoms with Crippen molar-refractivity contribution in [2.75, 3.05) is 0 Å². The molecule has 2 atom stereocenters. The molecule has 2 nitrogen and oxygen atoms in total. The molecule has 0 amide bonds. The van der Waals surface area contributed by atoms with E-state index in [0.717, 1.165) is 5.56 Å². The van der Waals surface area contributed by atoms with Crippen LogP contribution in [0.4, 0.5) is 0 Å². The van der Waals surface area contributed by atoms with Crippen molar-refractivity contribution in [1.29, 1.82) is 0 Å². The normalized spacial score (nSPS) is 27.3. The lowest BCUT2D eigenvalue weighted by atomic mass is 10.1. The number of benzene rings is 1. The SMILES string of the molecule is O=C1OC(c2ccccc2)CC1S. The number of hydrogen-bond acceptors (Lipinski definition) is 3. The predicted molar refractivity (Wildman–Crippen MR) is 52.7 cm³/mol. The molecule has 1 aliphatic rings. The highest BCUT2D eigenvalue weighted by atomic mass is 32.1. The summed E-state index contributed by atoms with van der Waals surface area (Å²) < 4.78 is 5.14. The second kappa shape index (κ2) is 3.42. The zero-order valence-electron chi connectivity index (χ0n) is 7.01. The molecule has 13 heavy (non-hydrogen) atoms. The first-order chi connectivity index (χ1) is 6.27. The molecule has 2 rings (SSSR count). The summed E-state index contributed by atoms with van der Waals surface area (Å²) in [5, 5.41) is -0.259. The number of carbonyl (C=O) groups is 1. The van der Waals surface area contributed by atoms with Gasteiger partial charge in [-0.1, -0.05) is 30.3 Å². The van der Waals surface area contributed by atoms with Crippen LogP contribution in [-0.4, -0.2) is 11.2 Å². The van der Waals surface area contributed by atoms with Crippen LogP contribution in [0.15, 0.2) is 30.3 Å². The lowest BCUT2D eigenvalue weighted by Gasteiger charge is -2.07. The van der Waals surface area contributed by atoms with Gasteiger partial charge in [0.2, 0.25) is 0 Å². The average molecular weight is 194 g/mol. The van der Waals surface area contributed by atoms with Crippen LogP contribution >= 0.6 is 12.6 Å². The van der Waals surface area contributed by atoms with E-state index in [4.69, 9.17) is 4.74 Å². The summed E-state index contributed by atoms with van der Waals surface area (Å²) in [5.41, 5.74) is 1.05. The van der Waals surface area contributed by atoms with Gasteiger partial charge in [-0.25, -0.2) is 0 Å². The standard InChI is InChI=1S/C10H10O2S/c11-10-9(13)6-8(12-10)7-4-2-1-3-5-7/h1-5,8-9,13H,6H2. The summed E-state index contributed by atoms with van der Waals surface area (Å²) in [4.78, 5) is 11.1. The third-order valence-corrected chi connectivity index (χ3v) is 2.56. The Labute approximate surface area is 82.3 Å². The van der Waals surface area contributed by atoms with Crippen molar-refractivity contribution in [2.24, 2.45) is 0 Å². The molecule has 1 aromatic carbocycles. The summed E-state index contributed by atoms with van der Waals surface area (Å²) in [6, 6.07) is 9.75. The van der Waals surface area contributed by atoms with Crippen molar-refractivity contribution in [3.63, 3.8) is 0 Å². The summed E-state index contributed by atoms with van der Waals surface area (Å²) in [5.74, 6) is -0.211. The lowest BCUT2D eigenvalue weighted by molar-refractivity contribution is -0.141. The van der Waals surface area contributed by atoms with E-state index in [9.17, 15) is 4.79 Å². The second-order valence-corrected chi connectivity index (χ2v) is 3.71. The summed E-state index contributed by atoms with van der Waals surface area (Å²) in [6.07, 6.45) is 0.572. The van der Waals surface area contributed by atoms with E-state index in [2.05, 4.69) is 12.6 Å². The first-order valence-electron chi connectivity index (χ1n) is 4.21. The van der Waals surface area contributed by atoms with E-state index in [0.29, 0.717) is 6.42 Å². The van der Waals surface area contributed by atoms with Gasteiger partial charge in [-0.3, -0.25) is 4.79 Å². The molecule has 0 spiro atoms. The zero-order chi connectivity index (χ0) is 9.26. The molecule has 1 aliphatic heterocycles. The topological polar surface area (TPSA) is 26.3 Å². The van der Waals surface area contributed by atoms with Gasteiger partial charge in [-0.2, -0.15) is 12.6 Å². The number of hydrogen-bond donors (Lipinski definition) is 1. The van der Waals surface area contributed by atoms with E-state index >= 15 is 0 Å². The first-order valence-corrected chi connectivity index (χ1v) is 4.72. The molecule has 0 N–H and O–H groups in total. The van der Waals surface area contributed by atoms with Gasteiger partial charge in [-0.05, 0) is 5.56 Å². The molecular weight excluding hydrogens is 184 g/mol. The third-order valence-electron chi connectivity index (χ3n) is 2.14. The number of thiol groups is 1. The Bertz CT molecular complexity index is 310. The van der Waals surface area contributed by atoms with Crippen LogP contribution in [0.1, 0.15) is 18.1 Å². The van der Waals surface area contributed by atoms with Gasteiger partial charge in [0.1, 0.15) is 11.4 Å². The van der Waals surface area contributed by atoms with Crippen molar-refractivity contribution in [2.45, 2.75) is 17.8 Å². The Morgan fingerprint density at radius 1 is 1.31 bits per heavy atom. The van der Waals surface area contributed by atoms with Crippen LogP contribution in [0, 0.1) is 0 Å². The molecule has 1 heterocycles. The van der Waals surface area contributed by atoms with Crippen molar-refractivity contribution in [1.82, 2.24) is 0 Å². The van der Waals surface area contributed by atoms with Crippen LogP contribution < -0.4 is 0 Å². The minimum Gasteiger partial charge on any atom is -0.457 e. The number of ether oxygens (including phenoxy) is 1. The summed E-state index contributed by atoms with van der Waals surface area (Å²) in [6.45, 7) is 0. The Kier molecular flexibility index (Phi) is 2.27. The molecule has 1 fully saturated rings. The highest BCUT2D eigenvalue weighted by molar-refractivity contribution is 7.81. The monoisotopic (exact) mass is 194 g/mol. The molecule has 1 saturated heterocycles. The second-order valence-electron chi connectivity index (χ2n) is 3.09. The Balaban J connectivity index is 2.17. The van der Waals surface area contributed by atoms with E-state index < -0.39 is 0 Å². The largest absolute Gasteiger partial charge is 0.457 e. The minimum atomic E-state index is -0.259. The quantitative estimate of drug-likeness (QED) is 0.546. The van der Waals surface area contributed by atoms with E-state index in [1.807, 2.05) is 30.3 Å². The average Bonchev–Trinajstić information content (AvgIpc) is 2.49. The van der Waals surface area contributed by atoms with E-state index in [1.165, 1.54) is 0 Å². The first kappa shape index (κ1) is 8.63. The van der Waals surface area contributed by atoms with Crippen LogP contribution in [0.3, 0.4) is 0 Å². The molecule has 68 valence electrons. The molecule has 0 radical (unpaired) electrons. The maximum absolute atomic E-state index is 11.1. The predicted octanol–water partition coefficient (Wildman–Crippen LogP) is 1.97. The summed E-state index contributed by atoms with van der Waals surface area (Å²) in [7, 11) is 0. The van der Waals surface area contributed by atoms with Gasteiger partial charge in [0.05, 0.1) is 0 Å². The van der Waals surface area contributed by atoms with Gasteiger partial charge >= 0.3 is 5.97 Å². The number of cyclic esters (lactones) is 1. The molecule has 2 unspecified atom stereocenters. The van der Waals surface area contributed by atoms with Crippen LogP contribution in [0.2, 0.25) is 0 Å². The van der Waals surface area contributed by atoms with Gasteiger partial charge < -0.3 is 4.74 Å². The fourth-order valence-electron chi connectivity index (χ4n) is 1.44. The Morgan fingerprint density at radius 3 is 2.54 bits per heavy atom. The molecule has 1 aromatic rings. The summed E-state index contributed by atoms with van der Waals surface area (Å²) >= 11 is 4.12. The molecule has 0 aromatic heterocycles. The van der Waals surface area contributed by atoms with Crippen molar-refractivity contribution >= 4 is 18.6 Å². The third kappa shape index (κ3) is 1.70. The van der Waals surface area contributed by atoms with E-state index in [-0.39, 0.29) is 17.3 Å².